The molecule has 0 aliphatic carbocycles. The van der Waals surface area contributed by atoms with Gasteiger partial charge in [-0.15, -0.1) is 5.10 Å². The molecule has 0 bridgehead atoms. The first-order valence-electron chi connectivity index (χ1n) is 8.61. The summed E-state index contributed by atoms with van der Waals surface area (Å²) in [5, 5.41) is 13.4. The van der Waals surface area contributed by atoms with Crippen LogP contribution in [0.4, 0.5) is 5.13 Å². The second-order valence-corrected chi connectivity index (χ2v) is 8.41. The fraction of sp³-hybridized carbons (Fsp3) is 0.529. The van der Waals surface area contributed by atoms with Crippen LogP contribution < -0.4 is 4.90 Å². The van der Waals surface area contributed by atoms with E-state index >= 15 is 0 Å². The quantitative estimate of drug-likeness (QED) is 0.717. The summed E-state index contributed by atoms with van der Waals surface area (Å²) in [6, 6.07) is 8.34. The molecule has 3 heterocycles. The molecule has 3 aromatic rings. The summed E-state index contributed by atoms with van der Waals surface area (Å²) in [6.45, 7) is 11.1. The first kappa shape index (κ1) is 16.4. The highest BCUT2D eigenvalue weighted by molar-refractivity contribution is 7.22. The highest BCUT2D eigenvalue weighted by atomic mass is 32.1. The molecule has 0 unspecified atom stereocenters. The number of anilines is 1. The Morgan fingerprint density at radius 2 is 1.84 bits per heavy atom. The van der Waals surface area contributed by atoms with Crippen molar-refractivity contribution in [2.24, 2.45) is 0 Å². The monoisotopic (exact) mass is 357 g/mol. The number of nitrogens with zero attached hydrogens (tertiary/aromatic N) is 7. The van der Waals surface area contributed by atoms with E-state index in [1.54, 1.807) is 11.3 Å². The number of fused-ring (bicyclic) bond motifs is 1. The van der Waals surface area contributed by atoms with Gasteiger partial charge >= 0.3 is 0 Å². The van der Waals surface area contributed by atoms with Crippen molar-refractivity contribution in [1.82, 2.24) is 30.1 Å². The molecule has 8 heteroatoms. The van der Waals surface area contributed by atoms with Gasteiger partial charge in [0.2, 0.25) is 0 Å². The number of rotatable bonds is 3. The Balaban J connectivity index is 1.41. The Morgan fingerprint density at radius 3 is 2.56 bits per heavy atom. The summed E-state index contributed by atoms with van der Waals surface area (Å²) < 4.78 is 3.18. The predicted octanol–water partition coefficient (Wildman–Crippen LogP) is 2.36. The predicted molar refractivity (Wildman–Crippen MR) is 99.9 cm³/mol. The maximum atomic E-state index is 4.77. The van der Waals surface area contributed by atoms with Crippen LogP contribution in [0.15, 0.2) is 24.3 Å². The van der Waals surface area contributed by atoms with Gasteiger partial charge in [0.25, 0.3) is 0 Å². The van der Waals surface area contributed by atoms with E-state index < -0.39 is 0 Å². The molecule has 0 atom stereocenters. The molecule has 2 aromatic heterocycles. The van der Waals surface area contributed by atoms with Crippen molar-refractivity contribution in [1.29, 1.82) is 0 Å². The Morgan fingerprint density at radius 1 is 1.08 bits per heavy atom. The fourth-order valence-corrected chi connectivity index (χ4v) is 4.14. The third-order valence-electron chi connectivity index (χ3n) is 4.46. The molecule has 0 spiro atoms. The number of para-hydroxylation sites is 1. The molecular formula is C17H23N7S. The summed E-state index contributed by atoms with van der Waals surface area (Å²) in [4.78, 5) is 9.57. The number of piperazine rings is 1. The van der Waals surface area contributed by atoms with Crippen LogP contribution in [0.25, 0.3) is 10.2 Å². The van der Waals surface area contributed by atoms with Crippen LogP contribution in [0, 0.1) is 0 Å². The van der Waals surface area contributed by atoms with Gasteiger partial charge in [-0.3, -0.25) is 4.90 Å². The molecular weight excluding hydrogens is 334 g/mol. The number of aromatic nitrogens is 5. The van der Waals surface area contributed by atoms with Crippen LogP contribution in [0.3, 0.4) is 0 Å². The van der Waals surface area contributed by atoms with Gasteiger partial charge < -0.3 is 4.90 Å². The van der Waals surface area contributed by atoms with E-state index in [-0.39, 0.29) is 5.54 Å². The normalized spacial score (nSPS) is 16.7. The van der Waals surface area contributed by atoms with Crippen molar-refractivity contribution < 1.29 is 0 Å². The molecule has 1 aliphatic heterocycles. The highest BCUT2D eigenvalue weighted by Gasteiger charge is 2.24. The number of hydrogen-bond donors (Lipinski definition) is 0. The van der Waals surface area contributed by atoms with Crippen LogP contribution in [-0.4, -0.2) is 56.3 Å². The topological polar surface area (TPSA) is 63.0 Å². The first-order chi connectivity index (χ1) is 12.0. The van der Waals surface area contributed by atoms with Crippen molar-refractivity contribution in [2.75, 3.05) is 31.1 Å². The molecule has 1 fully saturated rings. The molecule has 1 aliphatic rings. The number of hydrogen-bond acceptors (Lipinski definition) is 7. The second kappa shape index (κ2) is 6.34. The minimum absolute atomic E-state index is 0.0956. The number of benzene rings is 1. The Labute approximate surface area is 151 Å². The van der Waals surface area contributed by atoms with E-state index in [1.807, 2.05) is 10.7 Å². The minimum Gasteiger partial charge on any atom is -0.345 e. The van der Waals surface area contributed by atoms with E-state index in [2.05, 4.69) is 64.3 Å². The van der Waals surface area contributed by atoms with Gasteiger partial charge in [0, 0.05) is 26.2 Å². The van der Waals surface area contributed by atoms with Crippen molar-refractivity contribution in [3.63, 3.8) is 0 Å². The van der Waals surface area contributed by atoms with Gasteiger partial charge in [0.05, 0.1) is 22.3 Å². The summed E-state index contributed by atoms with van der Waals surface area (Å²) in [5.74, 6) is 0.931. The van der Waals surface area contributed by atoms with Crippen LogP contribution in [-0.2, 0) is 12.1 Å². The Kier molecular flexibility index (Phi) is 4.16. The molecule has 0 radical (unpaired) electrons. The Hall–Kier alpha value is -2.06. The van der Waals surface area contributed by atoms with Crippen LogP contribution in [0.5, 0.6) is 0 Å². The van der Waals surface area contributed by atoms with Crippen LogP contribution >= 0.6 is 11.3 Å². The van der Waals surface area contributed by atoms with Gasteiger partial charge in [-0.25, -0.2) is 9.67 Å². The lowest BCUT2D eigenvalue weighted by atomic mass is 10.1. The van der Waals surface area contributed by atoms with Crippen molar-refractivity contribution in [3.05, 3.63) is 30.1 Å². The second-order valence-electron chi connectivity index (χ2n) is 7.41. The zero-order valence-electron chi connectivity index (χ0n) is 14.9. The first-order valence-corrected chi connectivity index (χ1v) is 9.43. The molecule has 1 aromatic carbocycles. The van der Waals surface area contributed by atoms with Gasteiger partial charge in [-0.2, -0.15) is 0 Å². The molecule has 0 N–H and O–H groups in total. The van der Waals surface area contributed by atoms with Crippen LogP contribution in [0.1, 0.15) is 26.6 Å². The molecule has 4 rings (SSSR count). The van der Waals surface area contributed by atoms with Crippen molar-refractivity contribution >= 4 is 26.7 Å². The minimum atomic E-state index is -0.0956. The summed E-state index contributed by atoms with van der Waals surface area (Å²) in [6.07, 6.45) is 0. The third kappa shape index (κ3) is 3.36. The lowest BCUT2D eigenvalue weighted by Gasteiger charge is -2.34. The average molecular weight is 357 g/mol. The van der Waals surface area contributed by atoms with E-state index in [0.29, 0.717) is 0 Å². The van der Waals surface area contributed by atoms with E-state index in [1.165, 1.54) is 4.70 Å². The molecule has 25 heavy (non-hydrogen) atoms. The SMILES string of the molecule is CC(C)(C)n1nnnc1CN1CCN(c2nc3ccccc3s2)CC1. The molecule has 1 saturated heterocycles. The maximum Gasteiger partial charge on any atom is 0.186 e. The molecule has 0 saturated carbocycles. The lowest BCUT2D eigenvalue weighted by Crippen LogP contribution is -2.46. The maximum absolute atomic E-state index is 4.77. The smallest absolute Gasteiger partial charge is 0.186 e. The number of thiazole rings is 1. The van der Waals surface area contributed by atoms with Crippen molar-refractivity contribution in [2.45, 2.75) is 32.9 Å². The molecule has 0 amide bonds. The average Bonchev–Trinajstić information content (AvgIpc) is 3.21. The third-order valence-corrected chi connectivity index (χ3v) is 5.56. The van der Waals surface area contributed by atoms with E-state index in [9.17, 15) is 0 Å². The standard InChI is InChI=1S/C17H23N7S/c1-17(2,3)24-15(19-20-21-24)12-22-8-10-23(11-9-22)16-18-13-6-4-5-7-14(13)25-16/h4-7H,8-12H2,1-3H3. The highest BCUT2D eigenvalue weighted by Crippen LogP contribution is 2.29. The Bertz CT molecular complexity index is 822. The zero-order chi connectivity index (χ0) is 17.4. The van der Waals surface area contributed by atoms with Gasteiger partial charge in [-0.05, 0) is 43.3 Å². The number of tetrazole rings is 1. The summed E-state index contributed by atoms with van der Waals surface area (Å²) >= 11 is 1.78. The van der Waals surface area contributed by atoms with Gasteiger partial charge in [-0.1, -0.05) is 23.5 Å². The fourth-order valence-electron chi connectivity index (χ4n) is 3.12. The summed E-state index contributed by atoms with van der Waals surface area (Å²) in [7, 11) is 0. The van der Waals surface area contributed by atoms with Gasteiger partial charge in [0.1, 0.15) is 0 Å². The van der Waals surface area contributed by atoms with E-state index in [4.69, 9.17) is 4.98 Å². The zero-order valence-corrected chi connectivity index (χ0v) is 15.7. The van der Waals surface area contributed by atoms with E-state index in [0.717, 1.165) is 49.2 Å². The lowest BCUT2D eigenvalue weighted by molar-refractivity contribution is 0.228. The largest absolute Gasteiger partial charge is 0.345 e. The van der Waals surface area contributed by atoms with Gasteiger partial charge in [0.15, 0.2) is 11.0 Å². The summed E-state index contributed by atoms with van der Waals surface area (Å²) in [5.41, 5.74) is 0.996. The van der Waals surface area contributed by atoms with Crippen LogP contribution in [0.2, 0.25) is 0 Å². The molecule has 7 nitrogen and oxygen atoms in total. The molecule has 132 valence electrons. The van der Waals surface area contributed by atoms with Crippen molar-refractivity contribution in [3.8, 4) is 0 Å².